The van der Waals surface area contributed by atoms with Crippen LogP contribution in [0.25, 0.3) is 0 Å². The van der Waals surface area contributed by atoms with Crippen molar-refractivity contribution in [1.82, 2.24) is 5.32 Å². The number of amides is 1. The minimum absolute atomic E-state index is 0.0393. The van der Waals surface area contributed by atoms with Crippen LogP contribution in [0.3, 0.4) is 0 Å². The van der Waals surface area contributed by atoms with Gasteiger partial charge in [-0.1, -0.05) is 42.2 Å². The van der Waals surface area contributed by atoms with E-state index in [0.29, 0.717) is 6.61 Å². The SMILES string of the molecule is CC(C#Cc1ccc(OCc2ccccc2)cc1)NC(=O)c1ccc(F)c(F)c1. The number of hydrogen-bond acceptors (Lipinski definition) is 2. The first kappa shape index (κ1) is 20.1. The molecule has 0 fully saturated rings. The number of nitrogens with one attached hydrogen (secondary N) is 1. The summed E-state index contributed by atoms with van der Waals surface area (Å²) in [5.74, 6) is 4.04. The Balaban J connectivity index is 1.54. The van der Waals surface area contributed by atoms with Crippen molar-refractivity contribution in [2.24, 2.45) is 0 Å². The van der Waals surface area contributed by atoms with Crippen LogP contribution < -0.4 is 10.1 Å². The average Bonchev–Trinajstić information content (AvgIpc) is 2.74. The summed E-state index contributed by atoms with van der Waals surface area (Å²) in [5, 5.41) is 2.64. The number of carbonyl (C=O) groups excluding carboxylic acids is 1. The summed E-state index contributed by atoms with van der Waals surface area (Å²) in [4.78, 5) is 12.1. The van der Waals surface area contributed by atoms with E-state index in [1.807, 2.05) is 54.6 Å². The molecule has 3 aromatic carbocycles. The van der Waals surface area contributed by atoms with Gasteiger partial charge in [-0.2, -0.15) is 0 Å². The first-order valence-electron chi connectivity index (χ1n) is 9.05. The molecule has 0 spiro atoms. The second kappa shape index (κ2) is 9.52. The molecule has 1 amide bonds. The third kappa shape index (κ3) is 5.91. The Bertz CT molecular complexity index is 1040. The summed E-state index contributed by atoms with van der Waals surface area (Å²) in [7, 11) is 0. The molecule has 3 rings (SSSR count). The van der Waals surface area contributed by atoms with Crippen LogP contribution in [0.15, 0.2) is 72.8 Å². The molecular weight excluding hydrogens is 372 g/mol. The molecular formula is C24H19F2NO2. The standard InChI is InChI=1S/C24H19F2NO2/c1-17(27-24(28)20-11-14-22(25)23(26)15-20)7-8-18-9-12-21(13-10-18)29-16-19-5-3-2-4-6-19/h2-6,9-15,17H,16H2,1H3,(H,27,28). The zero-order chi connectivity index (χ0) is 20.6. The Kier molecular flexibility index (Phi) is 6.59. The second-order valence-electron chi connectivity index (χ2n) is 6.39. The van der Waals surface area contributed by atoms with Crippen molar-refractivity contribution in [3.8, 4) is 17.6 Å². The fourth-order valence-electron chi connectivity index (χ4n) is 2.52. The largest absolute Gasteiger partial charge is 0.489 e. The molecule has 146 valence electrons. The molecule has 0 radical (unpaired) electrons. The Morgan fingerprint density at radius 2 is 1.72 bits per heavy atom. The van der Waals surface area contributed by atoms with Gasteiger partial charge in [-0.05, 0) is 55.0 Å². The lowest BCUT2D eigenvalue weighted by atomic mass is 10.1. The van der Waals surface area contributed by atoms with Gasteiger partial charge in [-0.3, -0.25) is 4.79 Å². The molecule has 0 saturated heterocycles. The predicted octanol–water partition coefficient (Wildman–Crippen LogP) is 4.71. The first-order chi connectivity index (χ1) is 14.0. The maximum absolute atomic E-state index is 13.2. The van der Waals surface area contributed by atoms with Crippen LogP contribution in [0.5, 0.6) is 5.75 Å². The number of halogens is 2. The van der Waals surface area contributed by atoms with E-state index in [4.69, 9.17) is 4.74 Å². The van der Waals surface area contributed by atoms with Crippen molar-refractivity contribution in [3.05, 3.63) is 101 Å². The molecule has 29 heavy (non-hydrogen) atoms. The quantitative estimate of drug-likeness (QED) is 0.640. The summed E-state index contributed by atoms with van der Waals surface area (Å²) >= 11 is 0. The van der Waals surface area contributed by atoms with Gasteiger partial charge >= 0.3 is 0 Å². The smallest absolute Gasteiger partial charge is 0.252 e. The summed E-state index contributed by atoms with van der Waals surface area (Å²) in [6.45, 7) is 2.20. The molecule has 1 atom stereocenters. The van der Waals surface area contributed by atoms with Gasteiger partial charge < -0.3 is 10.1 Å². The molecule has 0 saturated carbocycles. The fraction of sp³-hybridized carbons (Fsp3) is 0.125. The van der Waals surface area contributed by atoms with Gasteiger partial charge in [0.15, 0.2) is 11.6 Å². The van der Waals surface area contributed by atoms with Crippen molar-refractivity contribution in [3.63, 3.8) is 0 Å². The molecule has 3 nitrogen and oxygen atoms in total. The van der Waals surface area contributed by atoms with Gasteiger partial charge in [0, 0.05) is 11.1 Å². The molecule has 0 aliphatic rings. The van der Waals surface area contributed by atoms with E-state index in [2.05, 4.69) is 17.2 Å². The maximum atomic E-state index is 13.2. The molecule has 0 aliphatic heterocycles. The lowest BCUT2D eigenvalue weighted by Gasteiger charge is -2.08. The number of benzene rings is 3. The molecule has 3 aromatic rings. The lowest BCUT2D eigenvalue weighted by molar-refractivity contribution is 0.0947. The molecule has 0 bridgehead atoms. The van der Waals surface area contributed by atoms with Gasteiger partial charge in [0.1, 0.15) is 12.4 Å². The van der Waals surface area contributed by atoms with Gasteiger partial charge in [-0.15, -0.1) is 0 Å². The van der Waals surface area contributed by atoms with E-state index < -0.39 is 23.6 Å². The van der Waals surface area contributed by atoms with E-state index in [1.54, 1.807) is 6.92 Å². The predicted molar refractivity (Wildman–Crippen MR) is 107 cm³/mol. The maximum Gasteiger partial charge on any atom is 0.252 e. The normalized spacial score (nSPS) is 11.1. The minimum atomic E-state index is -1.06. The van der Waals surface area contributed by atoms with E-state index in [0.717, 1.165) is 29.0 Å². The molecule has 0 aliphatic carbocycles. The van der Waals surface area contributed by atoms with Crippen molar-refractivity contribution in [2.45, 2.75) is 19.6 Å². The van der Waals surface area contributed by atoms with Gasteiger partial charge in [0.25, 0.3) is 5.91 Å². The number of ether oxygens (including phenoxy) is 1. The Morgan fingerprint density at radius 1 is 1.00 bits per heavy atom. The zero-order valence-electron chi connectivity index (χ0n) is 15.8. The van der Waals surface area contributed by atoms with Gasteiger partial charge in [-0.25, -0.2) is 8.78 Å². The van der Waals surface area contributed by atoms with Crippen LogP contribution in [-0.4, -0.2) is 11.9 Å². The van der Waals surface area contributed by atoms with Crippen molar-refractivity contribution < 1.29 is 18.3 Å². The zero-order valence-corrected chi connectivity index (χ0v) is 15.8. The number of hydrogen-bond donors (Lipinski definition) is 1. The topological polar surface area (TPSA) is 38.3 Å². The average molecular weight is 391 g/mol. The fourth-order valence-corrected chi connectivity index (χ4v) is 2.52. The van der Waals surface area contributed by atoms with Crippen molar-refractivity contribution in [2.75, 3.05) is 0 Å². The van der Waals surface area contributed by atoms with Crippen LogP contribution in [0.2, 0.25) is 0 Å². The summed E-state index contributed by atoms with van der Waals surface area (Å²) < 4.78 is 31.9. The Hall–Kier alpha value is -3.65. The third-order valence-corrected chi connectivity index (χ3v) is 4.07. The third-order valence-electron chi connectivity index (χ3n) is 4.07. The summed E-state index contributed by atoms with van der Waals surface area (Å²) in [6, 6.07) is 19.7. The highest BCUT2D eigenvalue weighted by atomic mass is 19.2. The Morgan fingerprint density at radius 3 is 2.41 bits per heavy atom. The highest BCUT2D eigenvalue weighted by Gasteiger charge is 2.11. The van der Waals surface area contributed by atoms with Crippen molar-refractivity contribution >= 4 is 5.91 Å². The number of rotatable bonds is 5. The molecule has 0 heterocycles. The second-order valence-corrected chi connectivity index (χ2v) is 6.39. The highest BCUT2D eigenvalue weighted by Crippen LogP contribution is 2.14. The van der Waals surface area contributed by atoms with Crippen LogP contribution in [0.4, 0.5) is 8.78 Å². The molecule has 1 unspecified atom stereocenters. The van der Waals surface area contributed by atoms with Crippen molar-refractivity contribution in [1.29, 1.82) is 0 Å². The highest BCUT2D eigenvalue weighted by molar-refractivity contribution is 5.94. The molecule has 5 heteroatoms. The molecule has 0 aromatic heterocycles. The van der Waals surface area contributed by atoms with Gasteiger partial charge in [0.2, 0.25) is 0 Å². The summed E-state index contributed by atoms with van der Waals surface area (Å²) in [5.41, 5.74) is 1.89. The number of carbonyl (C=O) groups is 1. The van der Waals surface area contributed by atoms with Crippen LogP contribution >= 0.6 is 0 Å². The van der Waals surface area contributed by atoms with E-state index >= 15 is 0 Å². The molecule has 1 N–H and O–H groups in total. The van der Waals surface area contributed by atoms with Gasteiger partial charge in [0.05, 0.1) is 6.04 Å². The minimum Gasteiger partial charge on any atom is -0.489 e. The van der Waals surface area contributed by atoms with Crippen LogP contribution in [0, 0.1) is 23.5 Å². The lowest BCUT2D eigenvalue weighted by Crippen LogP contribution is -2.31. The van der Waals surface area contributed by atoms with E-state index in [9.17, 15) is 13.6 Å². The Labute approximate surface area is 168 Å². The van der Waals surface area contributed by atoms with Crippen LogP contribution in [-0.2, 0) is 6.61 Å². The van der Waals surface area contributed by atoms with E-state index in [1.165, 1.54) is 6.07 Å². The summed E-state index contributed by atoms with van der Waals surface area (Å²) in [6.07, 6.45) is 0. The van der Waals surface area contributed by atoms with E-state index in [-0.39, 0.29) is 5.56 Å². The monoisotopic (exact) mass is 391 g/mol. The first-order valence-corrected chi connectivity index (χ1v) is 9.05. The van der Waals surface area contributed by atoms with Crippen LogP contribution in [0.1, 0.15) is 28.4 Å².